The number of H-pyrrole nitrogens is 1. The topological polar surface area (TPSA) is 95.6 Å². The monoisotopic (exact) mass is 435 g/mol. The third-order valence-electron chi connectivity index (χ3n) is 4.72. The van der Waals surface area contributed by atoms with Crippen LogP contribution < -0.4 is 9.47 Å². The first-order valence-corrected chi connectivity index (χ1v) is 10.1. The molecule has 0 saturated carbocycles. The van der Waals surface area contributed by atoms with Gasteiger partial charge in [-0.3, -0.25) is 0 Å². The molecular weight excluding hydrogens is 410 g/mol. The van der Waals surface area contributed by atoms with Crippen LogP contribution in [0, 0.1) is 0 Å². The van der Waals surface area contributed by atoms with Gasteiger partial charge in [-0.25, -0.2) is 9.78 Å². The Kier molecular flexibility index (Phi) is 5.71. The number of pyridine rings is 2. The highest BCUT2D eigenvalue weighted by Crippen LogP contribution is 2.34. The van der Waals surface area contributed by atoms with E-state index in [1.807, 2.05) is 39.0 Å². The van der Waals surface area contributed by atoms with Crippen molar-refractivity contribution in [3.63, 3.8) is 0 Å². The highest BCUT2D eigenvalue weighted by atomic mass is 16.6. The predicted octanol–water partition coefficient (Wildman–Crippen LogP) is 5.01. The summed E-state index contributed by atoms with van der Waals surface area (Å²) in [5.41, 5.74) is 1.92. The van der Waals surface area contributed by atoms with E-state index in [1.54, 1.807) is 38.6 Å². The Morgan fingerprint density at radius 3 is 2.56 bits per heavy atom. The number of nitrogens with one attached hydrogen (secondary N) is 1. The maximum atomic E-state index is 12.8. The maximum absolute atomic E-state index is 12.8. The molecule has 0 atom stereocenters. The lowest BCUT2D eigenvalue weighted by molar-refractivity contribution is 0.00593. The van der Waals surface area contributed by atoms with Crippen LogP contribution in [0.5, 0.6) is 17.5 Å². The number of hydrogen-bond donors (Lipinski definition) is 1. The first-order chi connectivity index (χ1) is 15.3. The fraction of sp³-hybridized carbons (Fsp3) is 0.292. The number of ether oxygens (including phenoxy) is 4. The highest BCUT2D eigenvalue weighted by Gasteiger charge is 2.24. The molecule has 3 aromatic heterocycles. The number of rotatable bonds is 6. The van der Waals surface area contributed by atoms with Gasteiger partial charge in [-0.1, -0.05) is 6.07 Å². The normalized spacial score (nSPS) is 11.7. The van der Waals surface area contributed by atoms with Crippen molar-refractivity contribution in [2.45, 2.75) is 33.0 Å². The van der Waals surface area contributed by atoms with E-state index in [2.05, 4.69) is 15.0 Å². The van der Waals surface area contributed by atoms with Gasteiger partial charge in [-0.2, -0.15) is 4.98 Å². The third-order valence-corrected chi connectivity index (χ3v) is 4.72. The molecule has 1 N–H and O–H groups in total. The minimum atomic E-state index is -0.636. The highest BCUT2D eigenvalue weighted by molar-refractivity contribution is 6.11. The van der Waals surface area contributed by atoms with Crippen molar-refractivity contribution in [1.82, 2.24) is 15.0 Å². The maximum Gasteiger partial charge on any atom is 0.357 e. The smallest absolute Gasteiger partial charge is 0.357 e. The van der Waals surface area contributed by atoms with Crippen molar-refractivity contribution in [1.29, 1.82) is 0 Å². The van der Waals surface area contributed by atoms with Crippen molar-refractivity contribution >= 4 is 27.8 Å². The largest absolute Gasteiger partial charge is 0.481 e. The quantitative estimate of drug-likeness (QED) is 0.425. The van der Waals surface area contributed by atoms with Crippen molar-refractivity contribution in [2.24, 2.45) is 0 Å². The number of aromatic nitrogens is 3. The van der Waals surface area contributed by atoms with Crippen molar-refractivity contribution in [2.75, 3.05) is 14.2 Å². The van der Waals surface area contributed by atoms with Crippen LogP contribution in [-0.4, -0.2) is 40.7 Å². The van der Waals surface area contributed by atoms with E-state index >= 15 is 0 Å². The molecule has 0 aliphatic carbocycles. The molecule has 3 heterocycles. The zero-order valence-electron chi connectivity index (χ0n) is 18.7. The minimum absolute atomic E-state index is 0.203. The number of benzene rings is 1. The minimum Gasteiger partial charge on any atom is -0.481 e. The molecule has 0 fully saturated rings. The Bertz CT molecular complexity index is 1290. The van der Waals surface area contributed by atoms with Gasteiger partial charge in [-0.05, 0) is 39.0 Å². The molecule has 0 bridgehead atoms. The number of carbonyl (C=O) groups excluding carboxylic acids is 1. The molecule has 32 heavy (non-hydrogen) atoms. The molecule has 0 aliphatic heterocycles. The molecule has 166 valence electrons. The van der Waals surface area contributed by atoms with Gasteiger partial charge in [0.15, 0.2) is 5.69 Å². The Hall–Kier alpha value is -3.65. The number of methoxy groups -OCH3 is 2. The van der Waals surface area contributed by atoms with E-state index in [0.29, 0.717) is 23.1 Å². The SMILES string of the molecule is COCc1c(C(=O)OC(C)(C)C)ncc2[nH]c3ccc(Oc4cccc(OC)n4)cc3c12. The molecule has 0 aliphatic rings. The van der Waals surface area contributed by atoms with Gasteiger partial charge >= 0.3 is 5.97 Å². The molecule has 0 spiro atoms. The average molecular weight is 435 g/mol. The van der Waals surface area contributed by atoms with E-state index in [1.165, 1.54) is 0 Å². The lowest BCUT2D eigenvalue weighted by Gasteiger charge is -2.20. The van der Waals surface area contributed by atoms with Crippen LogP contribution in [0.3, 0.4) is 0 Å². The number of carbonyl (C=O) groups is 1. The fourth-order valence-corrected chi connectivity index (χ4v) is 3.48. The van der Waals surface area contributed by atoms with Crippen LogP contribution in [-0.2, 0) is 16.1 Å². The van der Waals surface area contributed by atoms with Gasteiger partial charge in [0.05, 0.1) is 25.4 Å². The molecule has 0 amide bonds. The number of hydrogen-bond acceptors (Lipinski definition) is 7. The van der Waals surface area contributed by atoms with Crippen LogP contribution in [0.25, 0.3) is 21.8 Å². The Morgan fingerprint density at radius 2 is 1.84 bits per heavy atom. The molecule has 1 aromatic carbocycles. The Balaban J connectivity index is 1.82. The summed E-state index contributed by atoms with van der Waals surface area (Å²) in [6.07, 6.45) is 1.64. The number of nitrogens with zero attached hydrogens (tertiary/aromatic N) is 2. The van der Waals surface area contributed by atoms with E-state index in [-0.39, 0.29) is 12.3 Å². The van der Waals surface area contributed by atoms with E-state index < -0.39 is 11.6 Å². The average Bonchev–Trinajstić information content (AvgIpc) is 3.11. The lowest BCUT2D eigenvalue weighted by atomic mass is 10.1. The zero-order valence-corrected chi connectivity index (χ0v) is 18.7. The van der Waals surface area contributed by atoms with E-state index in [9.17, 15) is 4.79 Å². The molecule has 8 nitrogen and oxygen atoms in total. The second-order valence-electron chi connectivity index (χ2n) is 8.26. The summed E-state index contributed by atoms with van der Waals surface area (Å²) in [6.45, 7) is 5.67. The van der Waals surface area contributed by atoms with Gasteiger partial charge in [0, 0.05) is 41.1 Å². The number of aromatic amines is 1. The van der Waals surface area contributed by atoms with Crippen LogP contribution >= 0.6 is 0 Å². The van der Waals surface area contributed by atoms with Crippen LogP contribution in [0.4, 0.5) is 0 Å². The summed E-state index contributed by atoms with van der Waals surface area (Å²) in [5.74, 6) is 0.981. The predicted molar refractivity (Wildman–Crippen MR) is 120 cm³/mol. The lowest BCUT2D eigenvalue weighted by Crippen LogP contribution is -2.25. The van der Waals surface area contributed by atoms with E-state index in [4.69, 9.17) is 18.9 Å². The summed E-state index contributed by atoms with van der Waals surface area (Å²) in [7, 11) is 3.13. The van der Waals surface area contributed by atoms with Crippen molar-refractivity contribution in [3.8, 4) is 17.5 Å². The molecule has 4 aromatic rings. The summed E-state index contributed by atoms with van der Waals surface area (Å²) in [6, 6.07) is 11.0. The Labute approximate surface area is 185 Å². The zero-order chi connectivity index (χ0) is 22.9. The number of fused-ring (bicyclic) bond motifs is 3. The molecule has 0 unspecified atom stereocenters. The Morgan fingerprint density at radius 1 is 1.06 bits per heavy atom. The fourth-order valence-electron chi connectivity index (χ4n) is 3.48. The van der Waals surface area contributed by atoms with Gasteiger partial charge in [-0.15, -0.1) is 0 Å². The van der Waals surface area contributed by atoms with Crippen LogP contribution in [0.15, 0.2) is 42.6 Å². The van der Waals surface area contributed by atoms with Crippen LogP contribution in [0.1, 0.15) is 36.8 Å². The van der Waals surface area contributed by atoms with Gasteiger partial charge in [0.1, 0.15) is 11.4 Å². The molecular formula is C24H25N3O5. The summed E-state index contributed by atoms with van der Waals surface area (Å²) in [4.78, 5) is 24.8. The first-order valence-electron chi connectivity index (χ1n) is 10.1. The molecule has 8 heteroatoms. The second kappa shape index (κ2) is 8.47. The summed E-state index contributed by atoms with van der Waals surface area (Å²) >= 11 is 0. The summed E-state index contributed by atoms with van der Waals surface area (Å²) in [5, 5.41) is 1.71. The van der Waals surface area contributed by atoms with Gasteiger partial charge < -0.3 is 23.9 Å². The first kappa shape index (κ1) is 21.6. The second-order valence-corrected chi connectivity index (χ2v) is 8.26. The van der Waals surface area contributed by atoms with Crippen molar-refractivity contribution in [3.05, 3.63) is 53.9 Å². The van der Waals surface area contributed by atoms with Crippen LogP contribution in [0.2, 0.25) is 0 Å². The van der Waals surface area contributed by atoms with Gasteiger partial charge in [0.2, 0.25) is 11.8 Å². The third kappa shape index (κ3) is 4.36. The molecule has 0 radical (unpaired) electrons. The van der Waals surface area contributed by atoms with Gasteiger partial charge in [0.25, 0.3) is 0 Å². The number of esters is 1. The summed E-state index contributed by atoms with van der Waals surface area (Å²) < 4.78 is 22.1. The molecule has 4 rings (SSSR count). The molecule has 0 saturated heterocycles. The van der Waals surface area contributed by atoms with Crippen molar-refractivity contribution < 1.29 is 23.7 Å². The standard InChI is InChI=1S/C24H25N3O5/c1-24(2,3)32-23(28)22-16(13-29-4)21-15-11-14(9-10-17(15)26-18(21)12-25-22)31-20-8-6-7-19(27-20)30-5/h6-12,26H,13H2,1-5H3. The van der Waals surface area contributed by atoms with E-state index in [0.717, 1.165) is 21.8 Å².